The summed E-state index contributed by atoms with van der Waals surface area (Å²) in [5, 5.41) is 9.55. The Bertz CT molecular complexity index is 1020. The number of furan rings is 1. The third-order valence-electron chi connectivity index (χ3n) is 5.20. The molecule has 1 aromatic heterocycles. The Morgan fingerprint density at radius 3 is 2.32 bits per heavy atom. The number of hydrogen-bond donors (Lipinski definition) is 1. The van der Waals surface area contributed by atoms with Crippen LogP contribution in [0, 0.1) is 5.41 Å². The molecular formula is C22H21N3O3. The first-order valence-electron chi connectivity index (χ1n) is 9.29. The van der Waals surface area contributed by atoms with Crippen LogP contribution < -0.4 is 0 Å². The van der Waals surface area contributed by atoms with E-state index in [0.717, 1.165) is 21.9 Å². The average Bonchev–Trinajstić information content (AvgIpc) is 3.28. The van der Waals surface area contributed by atoms with Gasteiger partial charge in [0.1, 0.15) is 0 Å². The zero-order valence-electron chi connectivity index (χ0n) is 15.4. The first-order valence-corrected chi connectivity index (χ1v) is 9.29. The molecule has 2 amide bonds. The highest BCUT2D eigenvalue weighted by Gasteiger charge is 2.26. The zero-order chi connectivity index (χ0) is 19.5. The van der Waals surface area contributed by atoms with Crippen molar-refractivity contribution in [2.24, 2.45) is 0 Å². The van der Waals surface area contributed by atoms with Crippen molar-refractivity contribution >= 4 is 28.8 Å². The van der Waals surface area contributed by atoms with Gasteiger partial charge in [0.25, 0.3) is 5.91 Å². The summed E-state index contributed by atoms with van der Waals surface area (Å²) in [6.07, 6.45) is 3.13. The molecule has 28 heavy (non-hydrogen) atoms. The van der Waals surface area contributed by atoms with E-state index >= 15 is 0 Å². The molecule has 0 unspecified atom stereocenters. The number of nitrogens with one attached hydrogen (secondary N) is 1. The first kappa shape index (κ1) is 18.0. The Labute approximate surface area is 162 Å². The van der Waals surface area contributed by atoms with Crippen LogP contribution in [0.1, 0.15) is 21.7 Å². The molecule has 0 radical (unpaired) electrons. The number of carbonyl (C=O) groups excluding carboxylic acids is 2. The zero-order valence-corrected chi connectivity index (χ0v) is 15.4. The average molecular weight is 375 g/mol. The molecule has 1 aliphatic heterocycles. The summed E-state index contributed by atoms with van der Waals surface area (Å²) < 4.78 is 5.17. The van der Waals surface area contributed by atoms with Gasteiger partial charge in [0.2, 0.25) is 5.91 Å². The Balaban J connectivity index is 1.44. The van der Waals surface area contributed by atoms with Crippen LogP contribution in [0.15, 0.2) is 59.2 Å². The van der Waals surface area contributed by atoms with Crippen LogP contribution in [-0.4, -0.2) is 54.0 Å². The molecule has 3 aromatic rings. The molecule has 1 fully saturated rings. The predicted molar refractivity (Wildman–Crippen MR) is 107 cm³/mol. The van der Waals surface area contributed by atoms with Gasteiger partial charge >= 0.3 is 0 Å². The number of carbonyl (C=O) groups is 2. The summed E-state index contributed by atoms with van der Waals surface area (Å²) in [5.41, 5.74) is 1.80. The second-order valence-electron chi connectivity index (χ2n) is 6.83. The Hall–Kier alpha value is -3.41. The summed E-state index contributed by atoms with van der Waals surface area (Å²) in [6.45, 7) is 2.03. The van der Waals surface area contributed by atoms with Gasteiger partial charge in [-0.2, -0.15) is 0 Å². The van der Waals surface area contributed by atoms with E-state index in [9.17, 15) is 9.59 Å². The molecule has 0 bridgehead atoms. The summed E-state index contributed by atoms with van der Waals surface area (Å²) in [5.74, 6) is 0.251. The molecule has 6 heteroatoms. The minimum atomic E-state index is -0.134. The first-order chi connectivity index (χ1) is 13.7. The lowest BCUT2D eigenvalue weighted by atomic mass is 9.98. The van der Waals surface area contributed by atoms with Crippen molar-refractivity contribution in [2.45, 2.75) is 6.42 Å². The monoisotopic (exact) mass is 375 g/mol. The largest absolute Gasteiger partial charge is 0.459 e. The number of amides is 2. The highest BCUT2D eigenvalue weighted by molar-refractivity contribution is 6.01. The number of fused-ring (bicyclic) bond motifs is 1. The van der Waals surface area contributed by atoms with Gasteiger partial charge in [-0.15, -0.1) is 0 Å². The van der Waals surface area contributed by atoms with Gasteiger partial charge in [-0.25, -0.2) is 0 Å². The Kier molecular flexibility index (Phi) is 4.93. The van der Waals surface area contributed by atoms with Crippen LogP contribution in [0.2, 0.25) is 0 Å². The highest BCUT2D eigenvalue weighted by Crippen LogP contribution is 2.23. The SMILES string of the molecule is N=Cc1ccc(CC(=O)N2CCN(C(=O)c3ccco3)CC2)c2ccccc12. The fraction of sp³-hybridized carbons (Fsp3) is 0.227. The summed E-state index contributed by atoms with van der Waals surface area (Å²) >= 11 is 0. The molecule has 0 spiro atoms. The van der Waals surface area contributed by atoms with Gasteiger partial charge in [-0.3, -0.25) is 9.59 Å². The summed E-state index contributed by atoms with van der Waals surface area (Å²) in [6, 6.07) is 15.0. The maximum Gasteiger partial charge on any atom is 0.289 e. The summed E-state index contributed by atoms with van der Waals surface area (Å²) in [7, 11) is 0. The van der Waals surface area contributed by atoms with Gasteiger partial charge in [0.05, 0.1) is 12.7 Å². The van der Waals surface area contributed by atoms with Crippen molar-refractivity contribution in [1.29, 1.82) is 5.41 Å². The molecule has 6 nitrogen and oxygen atoms in total. The standard InChI is InChI=1S/C22H21N3O3/c23-15-17-8-7-16(18-4-1-2-5-19(17)18)14-21(26)24-9-11-25(12-10-24)22(27)20-6-3-13-28-20/h1-8,13,15,23H,9-12,14H2. The normalized spacial score (nSPS) is 14.3. The van der Waals surface area contributed by atoms with E-state index < -0.39 is 0 Å². The van der Waals surface area contributed by atoms with Crippen LogP contribution in [0.25, 0.3) is 10.8 Å². The quantitative estimate of drug-likeness (QED) is 0.712. The third-order valence-corrected chi connectivity index (χ3v) is 5.20. The highest BCUT2D eigenvalue weighted by atomic mass is 16.3. The van der Waals surface area contributed by atoms with Gasteiger partial charge in [0.15, 0.2) is 5.76 Å². The lowest BCUT2D eigenvalue weighted by Crippen LogP contribution is -2.50. The fourth-order valence-corrected chi connectivity index (χ4v) is 3.65. The van der Waals surface area contributed by atoms with Crippen LogP contribution in [0.5, 0.6) is 0 Å². The van der Waals surface area contributed by atoms with Crippen molar-refractivity contribution < 1.29 is 14.0 Å². The molecule has 0 aliphatic carbocycles. The second kappa shape index (κ2) is 7.68. The lowest BCUT2D eigenvalue weighted by molar-refractivity contribution is -0.131. The van der Waals surface area contributed by atoms with Crippen molar-refractivity contribution in [2.75, 3.05) is 26.2 Å². The second-order valence-corrected chi connectivity index (χ2v) is 6.83. The smallest absolute Gasteiger partial charge is 0.289 e. The molecule has 1 aliphatic rings. The third kappa shape index (κ3) is 3.41. The maximum absolute atomic E-state index is 12.8. The van der Waals surface area contributed by atoms with Crippen LogP contribution in [0.3, 0.4) is 0 Å². The van der Waals surface area contributed by atoms with Crippen molar-refractivity contribution in [3.05, 3.63) is 71.7 Å². The molecule has 1 N–H and O–H groups in total. The van der Waals surface area contributed by atoms with Crippen LogP contribution in [-0.2, 0) is 11.2 Å². The molecule has 0 atom stereocenters. The summed E-state index contributed by atoms with van der Waals surface area (Å²) in [4.78, 5) is 28.7. The lowest BCUT2D eigenvalue weighted by Gasteiger charge is -2.34. The topological polar surface area (TPSA) is 77.6 Å². The van der Waals surface area contributed by atoms with E-state index in [4.69, 9.17) is 9.83 Å². The number of piperazine rings is 1. The van der Waals surface area contributed by atoms with E-state index in [1.54, 1.807) is 17.0 Å². The predicted octanol–water partition coefficient (Wildman–Crippen LogP) is 2.96. The van der Waals surface area contributed by atoms with Gasteiger partial charge in [0, 0.05) is 32.4 Å². The van der Waals surface area contributed by atoms with E-state index in [2.05, 4.69) is 0 Å². The van der Waals surface area contributed by atoms with Crippen LogP contribution in [0.4, 0.5) is 0 Å². The molecule has 2 aromatic carbocycles. The minimum Gasteiger partial charge on any atom is -0.459 e. The maximum atomic E-state index is 12.8. The Morgan fingerprint density at radius 1 is 0.929 bits per heavy atom. The van der Waals surface area contributed by atoms with E-state index in [1.807, 2.05) is 41.3 Å². The molecule has 142 valence electrons. The minimum absolute atomic E-state index is 0.0536. The van der Waals surface area contributed by atoms with Gasteiger partial charge in [-0.1, -0.05) is 36.4 Å². The number of rotatable bonds is 4. The fourth-order valence-electron chi connectivity index (χ4n) is 3.65. The van der Waals surface area contributed by atoms with E-state index in [1.165, 1.54) is 12.5 Å². The van der Waals surface area contributed by atoms with Gasteiger partial charge in [-0.05, 0) is 34.0 Å². The van der Waals surface area contributed by atoms with E-state index in [0.29, 0.717) is 38.4 Å². The van der Waals surface area contributed by atoms with Crippen LogP contribution >= 0.6 is 0 Å². The van der Waals surface area contributed by atoms with Crippen molar-refractivity contribution in [1.82, 2.24) is 9.80 Å². The van der Waals surface area contributed by atoms with E-state index in [-0.39, 0.29) is 11.8 Å². The molecule has 2 heterocycles. The number of hydrogen-bond acceptors (Lipinski definition) is 4. The molecule has 0 saturated carbocycles. The number of nitrogens with zero attached hydrogens (tertiary/aromatic N) is 2. The number of benzene rings is 2. The Morgan fingerprint density at radius 2 is 1.64 bits per heavy atom. The van der Waals surface area contributed by atoms with Crippen molar-refractivity contribution in [3.8, 4) is 0 Å². The molecule has 1 saturated heterocycles. The van der Waals surface area contributed by atoms with Crippen molar-refractivity contribution in [3.63, 3.8) is 0 Å². The van der Waals surface area contributed by atoms with Gasteiger partial charge < -0.3 is 19.6 Å². The molecule has 4 rings (SSSR count). The molecular weight excluding hydrogens is 354 g/mol.